The molecule has 20 heavy (non-hydrogen) atoms. The van der Waals surface area contributed by atoms with E-state index < -0.39 is 0 Å². The highest BCUT2D eigenvalue weighted by atomic mass is 16.2. The summed E-state index contributed by atoms with van der Waals surface area (Å²) in [5.41, 5.74) is 1.63. The first-order valence-electron chi connectivity index (χ1n) is 6.60. The zero-order valence-corrected chi connectivity index (χ0v) is 11.6. The van der Waals surface area contributed by atoms with Gasteiger partial charge in [0.1, 0.15) is 6.61 Å². The van der Waals surface area contributed by atoms with E-state index in [1.807, 2.05) is 31.2 Å². The highest BCUT2D eigenvalue weighted by Gasteiger charge is 2.38. The number of nitrogens with zero attached hydrogens (tertiary/aromatic N) is 1. The van der Waals surface area contributed by atoms with E-state index in [2.05, 4.69) is 11.8 Å². The van der Waals surface area contributed by atoms with Crippen molar-refractivity contribution in [2.75, 3.05) is 6.61 Å². The number of rotatable bonds is 2. The summed E-state index contributed by atoms with van der Waals surface area (Å²) in [5, 5.41) is 8.71. The van der Waals surface area contributed by atoms with Gasteiger partial charge in [0.25, 0.3) is 0 Å². The van der Waals surface area contributed by atoms with Crippen LogP contribution in [0.5, 0.6) is 0 Å². The van der Waals surface area contributed by atoms with Crippen LogP contribution >= 0.6 is 0 Å². The average molecular weight is 271 g/mol. The maximum absolute atomic E-state index is 12.0. The van der Waals surface area contributed by atoms with Crippen LogP contribution in [0.15, 0.2) is 24.3 Å². The zero-order valence-electron chi connectivity index (χ0n) is 11.6. The number of aliphatic hydroxyl groups is 1. The third-order valence-corrected chi connectivity index (χ3v) is 3.48. The first-order valence-corrected chi connectivity index (χ1v) is 6.60. The van der Waals surface area contributed by atoms with E-state index in [1.54, 1.807) is 6.92 Å². The van der Waals surface area contributed by atoms with Gasteiger partial charge in [-0.25, -0.2) is 0 Å². The van der Waals surface area contributed by atoms with Gasteiger partial charge in [-0.2, -0.15) is 0 Å². The molecule has 2 unspecified atom stereocenters. The fraction of sp³-hybridized carbons (Fsp3) is 0.375. The summed E-state index contributed by atoms with van der Waals surface area (Å²) < 4.78 is 0. The molecule has 1 aromatic carbocycles. The van der Waals surface area contributed by atoms with Crippen molar-refractivity contribution in [2.24, 2.45) is 5.92 Å². The minimum absolute atomic E-state index is 0.116. The van der Waals surface area contributed by atoms with Crippen LogP contribution in [-0.4, -0.2) is 28.4 Å². The van der Waals surface area contributed by atoms with E-state index in [4.69, 9.17) is 5.11 Å². The highest BCUT2D eigenvalue weighted by Crippen LogP contribution is 2.29. The minimum Gasteiger partial charge on any atom is -0.384 e. The van der Waals surface area contributed by atoms with E-state index in [9.17, 15) is 9.59 Å². The van der Waals surface area contributed by atoms with E-state index in [0.717, 1.165) is 11.1 Å². The lowest BCUT2D eigenvalue weighted by molar-refractivity contribution is -0.141. The predicted octanol–water partition coefficient (Wildman–Crippen LogP) is 1.49. The van der Waals surface area contributed by atoms with Gasteiger partial charge in [-0.1, -0.05) is 30.9 Å². The molecule has 0 aromatic heterocycles. The molecule has 0 spiro atoms. The maximum Gasteiger partial charge on any atom is 0.233 e. The molecule has 104 valence electrons. The molecule has 0 saturated carbocycles. The second-order valence-corrected chi connectivity index (χ2v) is 4.97. The molecule has 2 atom stereocenters. The van der Waals surface area contributed by atoms with Crippen molar-refractivity contribution in [1.82, 2.24) is 4.90 Å². The summed E-state index contributed by atoms with van der Waals surface area (Å²) in [6.45, 7) is 3.42. The van der Waals surface area contributed by atoms with Gasteiger partial charge in [-0.05, 0) is 24.6 Å². The smallest absolute Gasteiger partial charge is 0.233 e. The normalized spacial score (nSPS) is 19.8. The molecule has 4 nitrogen and oxygen atoms in total. The Bertz CT molecular complexity index is 597. The number of hydrogen-bond donors (Lipinski definition) is 1. The third-order valence-electron chi connectivity index (χ3n) is 3.48. The first-order chi connectivity index (χ1) is 9.54. The van der Waals surface area contributed by atoms with Crippen LogP contribution in [0.4, 0.5) is 0 Å². The predicted molar refractivity (Wildman–Crippen MR) is 74.5 cm³/mol. The van der Waals surface area contributed by atoms with Gasteiger partial charge in [-0.3, -0.25) is 14.5 Å². The van der Waals surface area contributed by atoms with Gasteiger partial charge in [0.15, 0.2) is 0 Å². The number of hydrogen-bond acceptors (Lipinski definition) is 3. The quantitative estimate of drug-likeness (QED) is 0.655. The fourth-order valence-electron chi connectivity index (χ4n) is 2.38. The molecule has 4 heteroatoms. The Hall–Kier alpha value is -2.12. The molecule has 1 N–H and O–H groups in total. The molecule has 1 fully saturated rings. The van der Waals surface area contributed by atoms with Crippen molar-refractivity contribution >= 4 is 11.8 Å². The fourth-order valence-corrected chi connectivity index (χ4v) is 2.38. The topological polar surface area (TPSA) is 57.6 Å². The number of amides is 2. The van der Waals surface area contributed by atoms with Crippen molar-refractivity contribution < 1.29 is 14.7 Å². The molecule has 1 aliphatic rings. The number of imide groups is 1. The molecule has 1 heterocycles. The Kier molecular flexibility index (Phi) is 4.21. The first kappa shape index (κ1) is 14.3. The molecule has 1 aromatic rings. The molecule has 0 aliphatic carbocycles. The molecule has 0 radical (unpaired) electrons. The van der Waals surface area contributed by atoms with Crippen LogP contribution in [0.25, 0.3) is 0 Å². The number of carbonyl (C=O) groups is 2. The molecule has 2 rings (SSSR count). The molecule has 1 aliphatic heterocycles. The summed E-state index contributed by atoms with van der Waals surface area (Å²) >= 11 is 0. The Labute approximate surface area is 118 Å². The van der Waals surface area contributed by atoms with E-state index in [0.29, 0.717) is 0 Å². The van der Waals surface area contributed by atoms with Crippen LogP contribution in [-0.2, 0) is 9.59 Å². The van der Waals surface area contributed by atoms with E-state index in [-0.39, 0.29) is 36.8 Å². The van der Waals surface area contributed by atoms with Crippen molar-refractivity contribution in [3.63, 3.8) is 0 Å². The second-order valence-electron chi connectivity index (χ2n) is 4.97. The standard InChI is InChI=1S/C16H17NO3/c1-11-9-15(19)17(16(11)20)12(2)14-7-3-5-13(10-14)6-4-8-18/h3,5,7,10-12,18H,8-9H2,1-2H3. The molecule has 1 saturated heterocycles. The lowest BCUT2D eigenvalue weighted by atomic mass is 10.0. The Morgan fingerprint density at radius 1 is 1.45 bits per heavy atom. The lowest BCUT2D eigenvalue weighted by Gasteiger charge is -2.23. The summed E-state index contributed by atoms with van der Waals surface area (Å²) in [5.74, 6) is 4.93. The highest BCUT2D eigenvalue weighted by molar-refractivity contribution is 6.03. The van der Waals surface area contributed by atoms with Crippen molar-refractivity contribution in [3.05, 3.63) is 35.4 Å². The number of aliphatic hydroxyl groups excluding tert-OH is 1. The Morgan fingerprint density at radius 2 is 2.20 bits per heavy atom. The van der Waals surface area contributed by atoms with Gasteiger partial charge in [0.05, 0.1) is 6.04 Å². The van der Waals surface area contributed by atoms with Crippen molar-refractivity contribution in [1.29, 1.82) is 0 Å². The molecule has 2 amide bonds. The van der Waals surface area contributed by atoms with Crippen molar-refractivity contribution in [2.45, 2.75) is 26.3 Å². The minimum atomic E-state index is -0.296. The van der Waals surface area contributed by atoms with Crippen LogP contribution in [0, 0.1) is 17.8 Å². The van der Waals surface area contributed by atoms with Crippen LogP contribution in [0.2, 0.25) is 0 Å². The average Bonchev–Trinajstić information content (AvgIpc) is 2.69. The largest absolute Gasteiger partial charge is 0.384 e. The van der Waals surface area contributed by atoms with Crippen LogP contribution < -0.4 is 0 Å². The van der Waals surface area contributed by atoms with E-state index >= 15 is 0 Å². The zero-order chi connectivity index (χ0) is 14.7. The maximum atomic E-state index is 12.0. The van der Waals surface area contributed by atoms with E-state index in [1.165, 1.54) is 4.90 Å². The van der Waals surface area contributed by atoms with Gasteiger partial charge >= 0.3 is 0 Å². The third kappa shape index (κ3) is 2.73. The van der Waals surface area contributed by atoms with Crippen LogP contribution in [0.1, 0.15) is 37.4 Å². The number of carbonyl (C=O) groups excluding carboxylic acids is 2. The summed E-state index contributed by atoms with van der Waals surface area (Å²) in [7, 11) is 0. The number of benzene rings is 1. The second kappa shape index (κ2) is 5.89. The van der Waals surface area contributed by atoms with Crippen LogP contribution in [0.3, 0.4) is 0 Å². The number of likely N-dealkylation sites (tertiary alicyclic amines) is 1. The monoisotopic (exact) mass is 271 g/mol. The summed E-state index contributed by atoms with van der Waals surface area (Å²) in [6, 6.07) is 7.09. The van der Waals surface area contributed by atoms with Crippen molar-refractivity contribution in [3.8, 4) is 11.8 Å². The van der Waals surface area contributed by atoms with Gasteiger partial charge in [0, 0.05) is 17.9 Å². The molecular weight excluding hydrogens is 254 g/mol. The molecule has 0 bridgehead atoms. The summed E-state index contributed by atoms with van der Waals surface area (Å²) in [6.07, 6.45) is 0.285. The Balaban J connectivity index is 2.27. The molecular formula is C16H17NO3. The van der Waals surface area contributed by atoms with Gasteiger partial charge < -0.3 is 5.11 Å². The van der Waals surface area contributed by atoms with Gasteiger partial charge in [-0.15, -0.1) is 0 Å². The lowest BCUT2D eigenvalue weighted by Crippen LogP contribution is -2.33. The van der Waals surface area contributed by atoms with Gasteiger partial charge in [0.2, 0.25) is 11.8 Å². The Morgan fingerprint density at radius 3 is 2.80 bits per heavy atom. The summed E-state index contributed by atoms with van der Waals surface area (Å²) in [4.78, 5) is 25.3. The SMILES string of the molecule is CC1CC(=O)N(C(C)c2cccc(C#CCO)c2)C1=O.